The number of nitrogens with zero attached hydrogens (tertiary/aromatic N) is 4. The molecule has 0 aliphatic heterocycles. The van der Waals surface area contributed by atoms with Crippen molar-refractivity contribution >= 4 is 16.7 Å². The van der Waals surface area contributed by atoms with Gasteiger partial charge in [0.25, 0.3) is 5.56 Å². The molecule has 0 aliphatic carbocycles. The van der Waals surface area contributed by atoms with Crippen LogP contribution >= 0.6 is 0 Å². The van der Waals surface area contributed by atoms with Gasteiger partial charge in [0, 0.05) is 24.4 Å². The van der Waals surface area contributed by atoms with Gasteiger partial charge in [0.1, 0.15) is 0 Å². The first kappa shape index (κ1) is 18.2. The van der Waals surface area contributed by atoms with Gasteiger partial charge < -0.3 is 0 Å². The molecule has 2 aromatic carbocycles. The van der Waals surface area contributed by atoms with Gasteiger partial charge in [-0.25, -0.2) is 14.3 Å². The molecule has 0 aliphatic rings. The van der Waals surface area contributed by atoms with Crippen LogP contribution in [0, 0.1) is 0 Å². The predicted octanol–water partition coefficient (Wildman–Crippen LogP) is 2.95. The molecular formula is C23H21N5O2. The third-order valence-electron chi connectivity index (χ3n) is 5.53. The fraction of sp³-hybridized carbons (Fsp3) is 0.174. The zero-order valence-corrected chi connectivity index (χ0v) is 16.8. The van der Waals surface area contributed by atoms with E-state index < -0.39 is 0 Å². The van der Waals surface area contributed by atoms with Crippen LogP contribution in [0.5, 0.6) is 0 Å². The average molecular weight is 399 g/mol. The largest absolute Gasteiger partial charge is 0.329 e. The minimum absolute atomic E-state index is 0.134. The SMILES string of the molecule is CCc1[nH]n2c(=O)cc(Cn3c(=O)n(C)c4ccccc43)nc2c1-c1ccccc1. The number of imidazole rings is 1. The van der Waals surface area contributed by atoms with Gasteiger partial charge in [0.15, 0.2) is 5.65 Å². The molecule has 5 rings (SSSR count). The van der Waals surface area contributed by atoms with Gasteiger partial charge in [0.2, 0.25) is 0 Å². The van der Waals surface area contributed by atoms with Gasteiger partial charge in [-0.3, -0.25) is 19.0 Å². The molecular weight excluding hydrogens is 378 g/mol. The second kappa shape index (κ2) is 6.88. The third kappa shape index (κ3) is 2.70. The number of nitrogens with one attached hydrogen (secondary N) is 1. The minimum atomic E-state index is -0.194. The molecule has 3 heterocycles. The number of rotatable bonds is 4. The van der Waals surface area contributed by atoms with Crippen molar-refractivity contribution in [2.75, 3.05) is 0 Å². The van der Waals surface area contributed by atoms with E-state index in [-0.39, 0.29) is 17.8 Å². The fourth-order valence-electron chi connectivity index (χ4n) is 4.05. The summed E-state index contributed by atoms with van der Waals surface area (Å²) in [7, 11) is 1.75. The molecule has 0 spiro atoms. The zero-order chi connectivity index (χ0) is 20.8. The Balaban J connectivity index is 1.72. The molecule has 0 saturated carbocycles. The lowest BCUT2D eigenvalue weighted by atomic mass is 10.0. The number of para-hydroxylation sites is 2. The number of aryl methyl sites for hydroxylation is 2. The molecule has 0 unspecified atom stereocenters. The van der Waals surface area contributed by atoms with Crippen molar-refractivity contribution in [1.82, 2.24) is 23.7 Å². The number of aromatic amines is 1. The Morgan fingerprint density at radius 2 is 1.67 bits per heavy atom. The average Bonchev–Trinajstić information content (AvgIpc) is 3.26. The van der Waals surface area contributed by atoms with Gasteiger partial charge in [-0.05, 0) is 24.1 Å². The molecule has 0 radical (unpaired) electrons. The summed E-state index contributed by atoms with van der Waals surface area (Å²) >= 11 is 0. The normalized spacial score (nSPS) is 11.5. The molecule has 30 heavy (non-hydrogen) atoms. The first-order chi connectivity index (χ1) is 14.6. The first-order valence-corrected chi connectivity index (χ1v) is 9.91. The third-order valence-corrected chi connectivity index (χ3v) is 5.53. The second-order valence-electron chi connectivity index (χ2n) is 7.35. The topological polar surface area (TPSA) is 77.1 Å². The maximum absolute atomic E-state index is 12.9. The Labute approximate surface area is 171 Å². The van der Waals surface area contributed by atoms with Crippen molar-refractivity contribution in [3.8, 4) is 11.1 Å². The summed E-state index contributed by atoms with van der Waals surface area (Å²) in [6, 6.07) is 19.0. The summed E-state index contributed by atoms with van der Waals surface area (Å²) in [5.74, 6) is 0. The molecule has 0 atom stereocenters. The Hall–Kier alpha value is -3.87. The lowest BCUT2D eigenvalue weighted by Crippen LogP contribution is -2.24. The number of hydrogen-bond donors (Lipinski definition) is 1. The summed E-state index contributed by atoms with van der Waals surface area (Å²) in [6.07, 6.45) is 0.741. The molecule has 7 nitrogen and oxygen atoms in total. The molecule has 5 aromatic rings. The van der Waals surface area contributed by atoms with E-state index in [0.29, 0.717) is 11.3 Å². The quantitative estimate of drug-likeness (QED) is 0.505. The van der Waals surface area contributed by atoms with Crippen molar-refractivity contribution in [2.45, 2.75) is 19.9 Å². The van der Waals surface area contributed by atoms with E-state index in [9.17, 15) is 9.59 Å². The molecule has 7 heteroatoms. The van der Waals surface area contributed by atoms with Crippen LogP contribution in [0.25, 0.3) is 27.8 Å². The van der Waals surface area contributed by atoms with Crippen LogP contribution < -0.4 is 11.2 Å². The van der Waals surface area contributed by atoms with E-state index in [1.165, 1.54) is 10.6 Å². The van der Waals surface area contributed by atoms with Crippen LogP contribution in [0.3, 0.4) is 0 Å². The Morgan fingerprint density at radius 1 is 0.967 bits per heavy atom. The summed E-state index contributed by atoms with van der Waals surface area (Å²) in [6.45, 7) is 2.27. The van der Waals surface area contributed by atoms with Crippen molar-refractivity contribution in [3.63, 3.8) is 0 Å². The molecule has 3 aromatic heterocycles. The van der Waals surface area contributed by atoms with Crippen molar-refractivity contribution in [1.29, 1.82) is 0 Å². The van der Waals surface area contributed by atoms with Crippen molar-refractivity contribution in [3.05, 3.63) is 92.9 Å². The summed E-state index contributed by atoms with van der Waals surface area (Å²) < 4.78 is 4.75. The highest BCUT2D eigenvalue weighted by Gasteiger charge is 2.17. The van der Waals surface area contributed by atoms with E-state index in [1.807, 2.05) is 61.5 Å². The Bertz CT molecular complexity index is 1500. The number of benzene rings is 2. The monoisotopic (exact) mass is 399 g/mol. The number of H-pyrrole nitrogens is 1. The van der Waals surface area contributed by atoms with Crippen LogP contribution in [-0.2, 0) is 20.0 Å². The summed E-state index contributed by atoms with van der Waals surface area (Å²) in [5.41, 5.74) is 5.34. The zero-order valence-electron chi connectivity index (χ0n) is 16.8. The smallest absolute Gasteiger partial charge is 0.295 e. The van der Waals surface area contributed by atoms with E-state index in [4.69, 9.17) is 4.98 Å². The summed E-state index contributed by atoms with van der Waals surface area (Å²) in [4.78, 5) is 30.4. The van der Waals surface area contributed by atoms with Crippen LogP contribution in [0.2, 0.25) is 0 Å². The number of aromatic nitrogens is 5. The fourth-order valence-corrected chi connectivity index (χ4v) is 4.05. The van der Waals surface area contributed by atoms with Crippen molar-refractivity contribution < 1.29 is 0 Å². The highest BCUT2D eigenvalue weighted by Crippen LogP contribution is 2.27. The van der Waals surface area contributed by atoms with Gasteiger partial charge in [-0.1, -0.05) is 49.4 Å². The lowest BCUT2D eigenvalue weighted by molar-refractivity contribution is 0.717. The number of fused-ring (bicyclic) bond motifs is 2. The Kier molecular flexibility index (Phi) is 4.17. The van der Waals surface area contributed by atoms with E-state index in [0.717, 1.165) is 34.3 Å². The maximum Gasteiger partial charge on any atom is 0.329 e. The molecule has 0 bridgehead atoms. The molecule has 150 valence electrons. The van der Waals surface area contributed by atoms with E-state index in [2.05, 4.69) is 5.10 Å². The van der Waals surface area contributed by atoms with Gasteiger partial charge >= 0.3 is 5.69 Å². The molecule has 0 fully saturated rings. The van der Waals surface area contributed by atoms with Gasteiger partial charge in [-0.15, -0.1) is 0 Å². The Morgan fingerprint density at radius 3 is 2.40 bits per heavy atom. The highest BCUT2D eigenvalue weighted by atomic mass is 16.1. The predicted molar refractivity (Wildman–Crippen MR) is 117 cm³/mol. The maximum atomic E-state index is 12.9. The van der Waals surface area contributed by atoms with Crippen molar-refractivity contribution in [2.24, 2.45) is 7.05 Å². The second-order valence-corrected chi connectivity index (χ2v) is 7.35. The van der Waals surface area contributed by atoms with E-state index in [1.54, 1.807) is 16.2 Å². The summed E-state index contributed by atoms with van der Waals surface area (Å²) in [5, 5.41) is 3.19. The van der Waals surface area contributed by atoms with Crippen LogP contribution in [0.4, 0.5) is 0 Å². The molecule has 0 amide bonds. The highest BCUT2D eigenvalue weighted by molar-refractivity contribution is 5.80. The molecule has 0 saturated heterocycles. The lowest BCUT2D eigenvalue weighted by Gasteiger charge is -2.05. The minimum Gasteiger partial charge on any atom is -0.295 e. The van der Waals surface area contributed by atoms with E-state index >= 15 is 0 Å². The van der Waals surface area contributed by atoms with Crippen LogP contribution in [0.15, 0.2) is 70.3 Å². The number of hydrogen-bond acceptors (Lipinski definition) is 3. The van der Waals surface area contributed by atoms with Gasteiger partial charge in [0.05, 0.1) is 23.3 Å². The van der Waals surface area contributed by atoms with Gasteiger partial charge in [-0.2, -0.15) is 0 Å². The van der Waals surface area contributed by atoms with Crippen LogP contribution in [-0.4, -0.2) is 23.7 Å². The molecule has 1 N–H and O–H groups in total. The first-order valence-electron chi connectivity index (χ1n) is 9.91. The van der Waals surface area contributed by atoms with Crippen LogP contribution in [0.1, 0.15) is 18.3 Å². The standard InChI is InChI=1S/C23H21N5O2/c1-3-17-21(15-9-5-4-6-10-15)22-24-16(13-20(29)28(22)25-17)14-27-19-12-8-7-11-18(19)26(2)23(27)30/h4-13,25H,3,14H2,1-2H3.